The van der Waals surface area contributed by atoms with Crippen molar-refractivity contribution >= 4 is 40.5 Å². The van der Waals surface area contributed by atoms with Gasteiger partial charge in [-0.15, -0.1) is 0 Å². The van der Waals surface area contributed by atoms with Gasteiger partial charge >= 0.3 is 12.2 Å². The van der Waals surface area contributed by atoms with E-state index in [0.29, 0.717) is 54.0 Å². The molecule has 3 N–H and O–H groups in total. The molecule has 2 unspecified atom stereocenters. The van der Waals surface area contributed by atoms with Crippen LogP contribution in [0.1, 0.15) is 65.6 Å². The Bertz CT molecular complexity index is 3470. The van der Waals surface area contributed by atoms with Crippen molar-refractivity contribution < 1.29 is 28.5 Å². The summed E-state index contributed by atoms with van der Waals surface area (Å²) in [6.45, 7) is 2.80. The number of fused-ring (bicyclic) bond motifs is 1. The number of nitrogens with zero attached hydrogens (tertiary/aromatic N) is 6. The summed E-state index contributed by atoms with van der Waals surface area (Å²) in [4.78, 5) is 39.1. The van der Waals surface area contributed by atoms with Gasteiger partial charge in [-0.3, -0.25) is 15.1 Å². The Morgan fingerprint density at radius 1 is 0.597 bits per heavy atom. The van der Waals surface area contributed by atoms with Crippen LogP contribution in [0.5, 0.6) is 23.0 Å². The number of carbonyl (C=O) groups is 2. The van der Waals surface area contributed by atoms with Gasteiger partial charge in [0.25, 0.3) is 0 Å². The zero-order chi connectivity index (χ0) is 52.9. The maximum atomic E-state index is 12.9. The molecule has 14 nitrogen and oxygen atoms in total. The molecule has 2 amide bonds. The number of nitrogens with one attached hydrogen (secondary N) is 1. The molecule has 77 heavy (non-hydrogen) atoms. The van der Waals surface area contributed by atoms with Crippen LogP contribution in [0.15, 0.2) is 182 Å². The minimum atomic E-state index is -0.340. The molecule has 15 heteroatoms. The fraction of sp³-hybridized carbons (Fsp3) is 0.194. The van der Waals surface area contributed by atoms with Crippen molar-refractivity contribution in [3.63, 3.8) is 0 Å². The minimum Gasteiger partial charge on any atom is -0.457 e. The molecule has 386 valence electrons. The van der Waals surface area contributed by atoms with E-state index in [1.54, 1.807) is 15.9 Å². The summed E-state index contributed by atoms with van der Waals surface area (Å²) >= 11 is 6.57. The number of anilines is 1. The summed E-state index contributed by atoms with van der Waals surface area (Å²) in [5.74, 6) is 3.38. The van der Waals surface area contributed by atoms with Gasteiger partial charge < -0.3 is 34.5 Å². The van der Waals surface area contributed by atoms with Gasteiger partial charge in [-0.1, -0.05) is 109 Å². The monoisotopic (exact) mass is 1040 g/mol. The highest BCUT2D eigenvalue weighted by Gasteiger charge is 2.30. The van der Waals surface area contributed by atoms with E-state index in [2.05, 4.69) is 16.3 Å². The van der Waals surface area contributed by atoms with Gasteiger partial charge in [-0.05, 0) is 122 Å². The molecule has 6 aromatic carbocycles. The van der Waals surface area contributed by atoms with Crippen LogP contribution < -0.4 is 15.2 Å². The molecule has 3 aromatic heterocycles. The molecule has 5 heterocycles. The zero-order valence-electron chi connectivity index (χ0n) is 42.1. The smallest absolute Gasteiger partial charge is 0.410 e. The molecule has 2 saturated heterocycles. The maximum Gasteiger partial charge on any atom is 0.410 e. The lowest BCUT2D eigenvalue weighted by Gasteiger charge is -2.32. The number of likely N-dealkylation sites (tertiary alicyclic amines) is 2. The number of para-hydroxylation sites is 2. The summed E-state index contributed by atoms with van der Waals surface area (Å²) in [5, 5.41) is 18.2. The topological polar surface area (TPSA) is 182 Å². The first-order valence-electron chi connectivity index (χ1n) is 25.6. The van der Waals surface area contributed by atoms with E-state index >= 15 is 0 Å². The zero-order valence-corrected chi connectivity index (χ0v) is 42.9. The number of aromatic nitrogens is 4. The standard InChI is InChI=1S/C31H26ClN3O3.C31H29N5O3/c32-28-18-29(24-10-7-17-35(20-24)31(36)37-21-22-8-3-1-4-9-22)34-30(27(28)19-33)23-13-15-26(16-14-23)38-25-11-5-2-6-12-25;32-30-28-27(34-35-30)18-26(23-10-7-17-36(19-23)31(37)38-20-21-8-3-1-4-9-21)33-29(28)22-13-15-25(16-14-22)39-24-11-5-2-6-12-24/h1-6,8-9,11-16,18,24H,7,10,17,20-21H2;1-6,8-9,11-16,18,23H,7,10,17,19-20H2,(H3,32,34,35). The number of piperidine rings is 2. The quantitative estimate of drug-likeness (QED) is 0.119. The summed E-state index contributed by atoms with van der Waals surface area (Å²) in [7, 11) is 0. The number of nitrogen functional groups attached to an aromatic ring is 1. The molecule has 0 aliphatic carbocycles. The number of pyridine rings is 2. The number of nitrogens with two attached hydrogens (primary N) is 1. The lowest BCUT2D eigenvalue weighted by molar-refractivity contribution is 0.0850. The van der Waals surface area contributed by atoms with Crippen LogP contribution in [0.2, 0.25) is 5.02 Å². The number of benzene rings is 6. The summed E-state index contributed by atoms with van der Waals surface area (Å²) in [6, 6.07) is 59.7. The Morgan fingerprint density at radius 3 is 1.51 bits per heavy atom. The second kappa shape index (κ2) is 24.4. The molecule has 2 atom stereocenters. The molecule has 0 spiro atoms. The molecule has 2 aliphatic rings. The Morgan fingerprint density at radius 2 is 1.03 bits per heavy atom. The number of halogens is 1. The summed E-state index contributed by atoms with van der Waals surface area (Å²) in [5.41, 5.74) is 13.9. The SMILES string of the molecule is N#Cc1c(Cl)cc(C2CCCN(C(=O)OCc3ccccc3)C2)nc1-c1ccc(Oc2ccccc2)cc1.Nc1n[nH]c2cc(C3CCCN(C(=O)OCc4ccccc4)C3)nc(-c3ccc(Oc4ccccc4)cc3)c12. The maximum absolute atomic E-state index is 12.9. The van der Waals surface area contributed by atoms with Crippen LogP contribution in [0, 0.1) is 11.3 Å². The number of rotatable bonds is 12. The van der Waals surface area contributed by atoms with Crippen molar-refractivity contribution in [3.05, 3.63) is 215 Å². The van der Waals surface area contributed by atoms with Gasteiger partial charge in [0, 0.05) is 60.5 Å². The fourth-order valence-corrected chi connectivity index (χ4v) is 9.81. The third-order valence-corrected chi connectivity index (χ3v) is 13.8. The Kier molecular flexibility index (Phi) is 16.3. The average molecular weight is 1040 g/mol. The normalized spacial score (nSPS) is 15.1. The number of amides is 2. The first-order valence-corrected chi connectivity index (χ1v) is 26.0. The average Bonchev–Trinajstić information content (AvgIpc) is 3.91. The highest BCUT2D eigenvalue weighted by molar-refractivity contribution is 6.32. The second-order valence-electron chi connectivity index (χ2n) is 18.8. The van der Waals surface area contributed by atoms with Crippen LogP contribution in [-0.2, 0) is 22.7 Å². The van der Waals surface area contributed by atoms with E-state index in [9.17, 15) is 14.9 Å². The van der Waals surface area contributed by atoms with E-state index in [0.717, 1.165) is 93.2 Å². The van der Waals surface area contributed by atoms with Gasteiger partial charge in [0.1, 0.15) is 42.3 Å². The predicted molar refractivity (Wildman–Crippen MR) is 297 cm³/mol. The van der Waals surface area contributed by atoms with E-state index in [4.69, 9.17) is 46.3 Å². The van der Waals surface area contributed by atoms with E-state index in [-0.39, 0.29) is 37.2 Å². The van der Waals surface area contributed by atoms with Crippen LogP contribution >= 0.6 is 11.6 Å². The molecular weight excluding hydrogens is 988 g/mol. The summed E-state index contributed by atoms with van der Waals surface area (Å²) in [6.07, 6.45) is 2.84. The molecule has 2 fully saturated rings. The highest BCUT2D eigenvalue weighted by Crippen LogP contribution is 2.37. The Labute approximate surface area is 451 Å². The van der Waals surface area contributed by atoms with Gasteiger partial charge in [-0.25, -0.2) is 9.59 Å². The van der Waals surface area contributed by atoms with Crippen molar-refractivity contribution in [2.45, 2.75) is 50.7 Å². The van der Waals surface area contributed by atoms with Crippen LogP contribution in [0.4, 0.5) is 15.4 Å². The van der Waals surface area contributed by atoms with Crippen LogP contribution in [0.25, 0.3) is 33.4 Å². The molecule has 11 rings (SSSR count). The number of aromatic amines is 1. The Balaban J connectivity index is 0.000000175. The first kappa shape index (κ1) is 51.3. The van der Waals surface area contributed by atoms with Gasteiger partial charge in [0.15, 0.2) is 5.82 Å². The highest BCUT2D eigenvalue weighted by atomic mass is 35.5. The molecular formula is C62H55ClN8O6. The molecule has 9 aromatic rings. The molecule has 0 bridgehead atoms. The van der Waals surface area contributed by atoms with Crippen molar-refractivity contribution in [2.75, 3.05) is 31.9 Å². The third kappa shape index (κ3) is 12.8. The van der Waals surface area contributed by atoms with Crippen molar-refractivity contribution in [3.8, 4) is 51.6 Å². The summed E-state index contributed by atoms with van der Waals surface area (Å²) < 4.78 is 23.0. The lowest BCUT2D eigenvalue weighted by Crippen LogP contribution is -2.39. The largest absolute Gasteiger partial charge is 0.457 e. The predicted octanol–water partition coefficient (Wildman–Crippen LogP) is 14.1. The molecule has 0 saturated carbocycles. The van der Waals surface area contributed by atoms with E-state index in [1.165, 1.54) is 0 Å². The number of hydrogen-bond acceptors (Lipinski definition) is 11. The van der Waals surface area contributed by atoms with Crippen LogP contribution in [0.3, 0.4) is 0 Å². The number of nitriles is 1. The van der Waals surface area contributed by atoms with E-state index in [1.807, 2.05) is 176 Å². The first-order chi connectivity index (χ1) is 37.7. The number of hydrogen-bond donors (Lipinski definition) is 2. The second-order valence-corrected chi connectivity index (χ2v) is 19.2. The van der Waals surface area contributed by atoms with Crippen molar-refractivity contribution in [1.29, 1.82) is 5.26 Å². The Hall–Kier alpha value is -9.19. The van der Waals surface area contributed by atoms with Crippen molar-refractivity contribution in [1.82, 2.24) is 30.0 Å². The van der Waals surface area contributed by atoms with Crippen molar-refractivity contribution in [2.24, 2.45) is 0 Å². The number of carbonyl (C=O) groups excluding carboxylic acids is 2. The lowest BCUT2D eigenvalue weighted by atomic mass is 9.93. The number of ether oxygens (including phenoxy) is 4. The van der Waals surface area contributed by atoms with Gasteiger partial charge in [0.05, 0.1) is 32.9 Å². The third-order valence-electron chi connectivity index (χ3n) is 13.5. The molecule has 2 aliphatic heterocycles. The fourth-order valence-electron chi connectivity index (χ4n) is 9.56. The van der Waals surface area contributed by atoms with Gasteiger partial charge in [-0.2, -0.15) is 10.4 Å². The minimum absolute atomic E-state index is 0.0160. The van der Waals surface area contributed by atoms with Crippen LogP contribution in [-0.4, -0.2) is 68.3 Å². The number of H-pyrrole nitrogens is 1. The molecule has 0 radical (unpaired) electrons. The van der Waals surface area contributed by atoms with Gasteiger partial charge in [0.2, 0.25) is 0 Å². The van der Waals surface area contributed by atoms with E-state index < -0.39 is 0 Å².